The number of ether oxygens (including phenoxy) is 1. The molecule has 1 amide bonds. The molecule has 0 N–H and O–H groups in total. The zero-order valence-electron chi connectivity index (χ0n) is 12.9. The van der Waals surface area contributed by atoms with Crippen LogP contribution in [0.4, 0.5) is 8.78 Å². The first-order valence-electron chi connectivity index (χ1n) is 6.93. The highest BCUT2D eigenvalue weighted by Gasteiger charge is 2.28. The molecule has 0 radical (unpaired) electrons. The van der Waals surface area contributed by atoms with Crippen molar-refractivity contribution in [3.05, 3.63) is 70.2 Å². The van der Waals surface area contributed by atoms with Gasteiger partial charge in [0.1, 0.15) is 0 Å². The number of nitrogens with zero attached hydrogens (tertiary/aromatic N) is 1. The minimum Gasteiger partial charge on any atom is -0.444 e. The Morgan fingerprint density at radius 2 is 1.67 bits per heavy atom. The standard InChI is InChI=1S/C17H14ClF2NO3/c1-21(2)16(22)15(10-6-4-3-5-7-10)24-17(23)11-8-13(19)14(20)9-12(11)18/h3-9,15H,1-2H3/t15-/m1/s1. The van der Waals surface area contributed by atoms with Crippen LogP contribution in [0.2, 0.25) is 5.02 Å². The second-order valence-corrected chi connectivity index (χ2v) is 5.58. The summed E-state index contributed by atoms with van der Waals surface area (Å²) in [5, 5.41) is -0.303. The lowest BCUT2D eigenvalue weighted by Gasteiger charge is -2.21. The summed E-state index contributed by atoms with van der Waals surface area (Å²) in [6.45, 7) is 0. The van der Waals surface area contributed by atoms with Gasteiger partial charge >= 0.3 is 5.97 Å². The van der Waals surface area contributed by atoms with E-state index in [-0.39, 0.29) is 10.6 Å². The van der Waals surface area contributed by atoms with Gasteiger partial charge in [0, 0.05) is 19.7 Å². The number of benzene rings is 2. The van der Waals surface area contributed by atoms with E-state index >= 15 is 0 Å². The highest BCUT2D eigenvalue weighted by molar-refractivity contribution is 6.33. The molecule has 126 valence electrons. The van der Waals surface area contributed by atoms with E-state index in [1.807, 2.05) is 0 Å². The average molecular weight is 354 g/mol. The van der Waals surface area contributed by atoms with Crippen molar-refractivity contribution in [3.8, 4) is 0 Å². The number of carbonyl (C=O) groups is 2. The smallest absolute Gasteiger partial charge is 0.340 e. The summed E-state index contributed by atoms with van der Waals surface area (Å²) in [5.41, 5.74) is 0.0892. The number of esters is 1. The number of likely N-dealkylation sites (N-methyl/N-ethyl adjacent to an activating group) is 1. The van der Waals surface area contributed by atoms with Crippen LogP contribution in [-0.4, -0.2) is 30.9 Å². The van der Waals surface area contributed by atoms with Gasteiger partial charge in [0.15, 0.2) is 11.6 Å². The molecule has 0 heterocycles. The first kappa shape index (κ1) is 17.9. The van der Waals surface area contributed by atoms with Crippen LogP contribution in [0.15, 0.2) is 42.5 Å². The van der Waals surface area contributed by atoms with Crippen molar-refractivity contribution in [2.45, 2.75) is 6.10 Å². The largest absolute Gasteiger partial charge is 0.444 e. The second kappa shape index (κ2) is 7.40. The van der Waals surface area contributed by atoms with Gasteiger partial charge in [0.05, 0.1) is 10.6 Å². The first-order chi connectivity index (χ1) is 11.3. The first-order valence-corrected chi connectivity index (χ1v) is 7.30. The van der Waals surface area contributed by atoms with Crippen LogP contribution in [0.5, 0.6) is 0 Å². The van der Waals surface area contributed by atoms with Gasteiger partial charge in [-0.3, -0.25) is 4.79 Å². The summed E-state index contributed by atoms with van der Waals surface area (Å²) in [5.74, 6) is -3.92. The van der Waals surface area contributed by atoms with E-state index in [4.69, 9.17) is 16.3 Å². The Hall–Kier alpha value is -2.47. The van der Waals surface area contributed by atoms with Gasteiger partial charge in [-0.15, -0.1) is 0 Å². The van der Waals surface area contributed by atoms with Crippen molar-refractivity contribution in [1.82, 2.24) is 4.90 Å². The summed E-state index contributed by atoms with van der Waals surface area (Å²) in [6.07, 6.45) is -1.22. The predicted molar refractivity (Wildman–Crippen MR) is 84.7 cm³/mol. The van der Waals surface area contributed by atoms with Gasteiger partial charge in [0.25, 0.3) is 5.91 Å². The molecule has 0 aliphatic rings. The Kier molecular flexibility index (Phi) is 5.51. The lowest BCUT2D eigenvalue weighted by atomic mass is 10.1. The van der Waals surface area contributed by atoms with Crippen molar-refractivity contribution in [1.29, 1.82) is 0 Å². The highest BCUT2D eigenvalue weighted by Crippen LogP contribution is 2.25. The maximum Gasteiger partial charge on any atom is 0.340 e. The van der Waals surface area contributed by atoms with E-state index in [1.54, 1.807) is 30.3 Å². The Morgan fingerprint density at radius 1 is 1.08 bits per heavy atom. The van der Waals surface area contributed by atoms with Crippen molar-refractivity contribution >= 4 is 23.5 Å². The minimum atomic E-state index is -1.23. The van der Waals surface area contributed by atoms with Crippen molar-refractivity contribution in [2.24, 2.45) is 0 Å². The predicted octanol–water partition coefficient (Wildman–Crippen LogP) is 3.60. The maximum atomic E-state index is 13.4. The molecule has 1 atom stereocenters. The molecular weight excluding hydrogens is 340 g/mol. The molecule has 0 spiro atoms. The van der Waals surface area contributed by atoms with Crippen LogP contribution in [0, 0.1) is 11.6 Å². The lowest BCUT2D eigenvalue weighted by molar-refractivity contribution is -0.138. The third-order valence-electron chi connectivity index (χ3n) is 3.22. The van der Waals surface area contributed by atoms with Crippen LogP contribution in [0.3, 0.4) is 0 Å². The van der Waals surface area contributed by atoms with Gasteiger partial charge < -0.3 is 9.64 Å². The van der Waals surface area contributed by atoms with Crippen LogP contribution < -0.4 is 0 Å². The molecule has 4 nitrogen and oxygen atoms in total. The molecule has 0 aliphatic heterocycles. The summed E-state index contributed by atoms with van der Waals surface area (Å²) >= 11 is 5.77. The molecule has 0 bridgehead atoms. The Morgan fingerprint density at radius 3 is 2.25 bits per heavy atom. The van der Waals surface area contributed by atoms with E-state index in [2.05, 4.69) is 0 Å². The molecule has 0 aliphatic carbocycles. The zero-order valence-corrected chi connectivity index (χ0v) is 13.7. The van der Waals surface area contributed by atoms with Crippen molar-refractivity contribution < 1.29 is 23.1 Å². The molecule has 0 fully saturated rings. The molecule has 2 aromatic carbocycles. The molecule has 2 rings (SSSR count). The van der Waals surface area contributed by atoms with Gasteiger partial charge in [-0.1, -0.05) is 41.9 Å². The number of halogens is 3. The normalized spacial score (nSPS) is 11.7. The van der Waals surface area contributed by atoms with E-state index < -0.39 is 29.6 Å². The van der Waals surface area contributed by atoms with Crippen LogP contribution >= 0.6 is 11.6 Å². The van der Waals surface area contributed by atoms with Crippen molar-refractivity contribution in [3.63, 3.8) is 0 Å². The fourth-order valence-corrected chi connectivity index (χ4v) is 2.20. The summed E-state index contributed by atoms with van der Waals surface area (Å²) < 4.78 is 31.7. The lowest BCUT2D eigenvalue weighted by Crippen LogP contribution is -2.31. The van der Waals surface area contributed by atoms with Gasteiger partial charge in [-0.25, -0.2) is 13.6 Å². The van der Waals surface area contributed by atoms with Crippen molar-refractivity contribution in [2.75, 3.05) is 14.1 Å². The molecule has 2 aromatic rings. The molecule has 7 heteroatoms. The molecule has 0 saturated heterocycles. The summed E-state index contributed by atoms with van der Waals surface area (Å²) in [6, 6.07) is 9.67. The monoisotopic (exact) mass is 353 g/mol. The van der Waals surface area contributed by atoms with E-state index in [9.17, 15) is 18.4 Å². The quantitative estimate of drug-likeness (QED) is 0.623. The van der Waals surface area contributed by atoms with Gasteiger partial charge in [-0.05, 0) is 12.1 Å². The van der Waals surface area contributed by atoms with E-state index in [0.29, 0.717) is 17.7 Å². The van der Waals surface area contributed by atoms with E-state index in [1.165, 1.54) is 19.0 Å². The van der Waals surface area contributed by atoms with Gasteiger partial charge in [-0.2, -0.15) is 0 Å². The Balaban J connectivity index is 2.35. The van der Waals surface area contributed by atoms with Crippen LogP contribution in [-0.2, 0) is 9.53 Å². The number of rotatable bonds is 4. The third-order valence-corrected chi connectivity index (χ3v) is 3.53. The molecule has 24 heavy (non-hydrogen) atoms. The molecule has 0 unspecified atom stereocenters. The Labute approximate surface area is 142 Å². The number of amides is 1. The molecular formula is C17H14ClF2NO3. The second-order valence-electron chi connectivity index (χ2n) is 5.17. The Bertz CT molecular complexity index is 766. The average Bonchev–Trinajstić information content (AvgIpc) is 2.55. The summed E-state index contributed by atoms with van der Waals surface area (Å²) in [4.78, 5) is 25.8. The molecule has 0 aromatic heterocycles. The number of hydrogen-bond acceptors (Lipinski definition) is 3. The minimum absolute atomic E-state index is 0.303. The zero-order chi connectivity index (χ0) is 17.9. The SMILES string of the molecule is CN(C)C(=O)[C@H](OC(=O)c1cc(F)c(F)cc1Cl)c1ccccc1. The highest BCUT2D eigenvalue weighted by atomic mass is 35.5. The third kappa shape index (κ3) is 3.89. The topological polar surface area (TPSA) is 46.6 Å². The van der Waals surface area contributed by atoms with Crippen LogP contribution in [0.25, 0.3) is 0 Å². The maximum absolute atomic E-state index is 13.4. The molecule has 0 saturated carbocycles. The van der Waals surface area contributed by atoms with Gasteiger partial charge in [0.2, 0.25) is 6.10 Å². The van der Waals surface area contributed by atoms with E-state index in [0.717, 1.165) is 0 Å². The number of hydrogen-bond donors (Lipinski definition) is 0. The number of carbonyl (C=O) groups excluding carboxylic acids is 2. The fourth-order valence-electron chi connectivity index (χ4n) is 1.97. The summed E-state index contributed by atoms with van der Waals surface area (Å²) in [7, 11) is 3.02. The van der Waals surface area contributed by atoms with Crippen LogP contribution in [0.1, 0.15) is 22.0 Å². The fraction of sp³-hybridized carbons (Fsp3) is 0.176.